The number of benzene rings is 2. The van der Waals surface area contributed by atoms with Crippen LogP contribution in [0.2, 0.25) is 0 Å². The molecule has 162 valence electrons. The molecule has 0 aliphatic rings. The zero-order valence-corrected chi connectivity index (χ0v) is 17.7. The number of esters is 1. The van der Waals surface area contributed by atoms with E-state index in [4.69, 9.17) is 9.47 Å². The molecule has 0 atom stereocenters. The molecule has 0 spiro atoms. The highest BCUT2D eigenvalue weighted by Crippen LogP contribution is 2.29. The molecule has 3 rings (SSSR count). The number of aromatic nitrogens is 2. The number of nitrogens with one attached hydrogen (secondary N) is 1. The molecule has 31 heavy (non-hydrogen) atoms. The Hall–Kier alpha value is -4.01. The predicted octanol–water partition coefficient (Wildman–Crippen LogP) is 2.30. The summed E-state index contributed by atoms with van der Waals surface area (Å²) in [5.41, 5.74) is 1.01. The highest BCUT2D eigenvalue weighted by Gasteiger charge is 2.23. The fourth-order valence-corrected chi connectivity index (χ4v) is 3.09. The van der Waals surface area contributed by atoms with Crippen LogP contribution in [0.5, 0.6) is 11.5 Å². The van der Waals surface area contributed by atoms with Gasteiger partial charge in [-0.3, -0.25) is 14.3 Å². The second-order valence-corrected chi connectivity index (χ2v) is 6.62. The molecule has 0 aliphatic heterocycles. The van der Waals surface area contributed by atoms with Crippen molar-refractivity contribution >= 4 is 17.6 Å². The summed E-state index contributed by atoms with van der Waals surface area (Å²) in [5, 5.41) is 2.71. The predicted molar refractivity (Wildman–Crippen MR) is 114 cm³/mol. The summed E-state index contributed by atoms with van der Waals surface area (Å²) >= 11 is 0. The summed E-state index contributed by atoms with van der Waals surface area (Å²) in [5.74, 6) is -0.428. The third kappa shape index (κ3) is 4.45. The number of ether oxygens (including phenoxy) is 3. The number of hydrogen-bond donors (Lipinski definition) is 1. The maximum absolute atomic E-state index is 13.0. The van der Waals surface area contributed by atoms with Crippen molar-refractivity contribution < 1.29 is 23.8 Å². The largest absolute Gasteiger partial charge is 0.495 e. The zero-order valence-electron chi connectivity index (χ0n) is 17.7. The van der Waals surface area contributed by atoms with Crippen LogP contribution in [0.4, 0.5) is 5.69 Å². The van der Waals surface area contributed by atoms with Crippen molar-refractivity contribution in [3.05, 3.63) is 70.1 Å². The van der Waals surface area contributed by atoms with Gasteiger partial charge in [-0.15, -0.1) is 0 Å². The van der Waals surface area contributed by atoms with Gasteiger partial charge in [0.05, 0.1) is 31.3 Å². The maximum atomic E-state index is 13.0. The van der Waals surface area contributed by atoms with Gasteiger partial charge in [0.25, 0.3) is 11.5 Å². The van der Waals surface area contributed by atoms with Gasteiger partial charge in [-0.2, -0.15) is 0 Å². The third-order valence-electron chi connectivity index (χ3n) is 4.78. The monoisotopic (exact) mass is 425 g/mol. The third-order valence-corrected chi connectivity index (χ3v) is 4.78. The smallest absolute Gasteiger partial charge is 0.343 e. The Balaban J connectivity index is 1.93. The van der Waals surface area contributed by atoms with Gasteiger partial charge in [-0.25, -0.2) is 9.48 Å². The standard InChI is InChI=1S/C22H23N3O6/c1-14-20(22(28)25(24(14)2)15-8-6-5-7-9-15)21(27)23-17-12-16(10-11-18(17)29-3)31-13-19(26)30-4/h5-12H,13H2,1-4H3,(H,23,27). The van der Waals surface area contributed by atoms with Gasteiger partial charge in [0.15, 0.2) is 6.61 Å². The van der Waals surface area contributed by atoms with Crippen molar-refractivity contribution in [2.45, 2.75) is 6.92 Å². The lowest BCUT2D eigenvalue weighted by atomic mass is 10.2. The second-order valence-electron chi connectivity index (χ2n) is 6.62. The minimum atomic E-state index is -0.587. The Kier molecular flexibility index (Phi) is 6.44. The first-order valence-electron chi connectivity index (χ1n) is 9.40. The molecule has 9 nitrogen and oxygen atoms in total. The van der Waals surface area contributed by atoms with E-state index in [1.54, 1.807) is 42.9 Å². The molecule has 0 saturated heterocycles. The second kappa shape index (κ2) is 9.21. The number of carbonyl (C=O) groups is 2. The topological polar surface area (TPSA) is 101 Å². The Morgan fingerprint density at radius 2 is 1.77 bits per heavy atom. The number of anilines is 1. The SMILES string of the molecule is COC(=O)COc1ccc(OC)c(NC(=O)c2c(C)n(C)n(-c3ccccc3)c2=O)c1. The van der Waals surface area contributed by atoms with Crippen molar-refractivity contribution in [1.82, 2.24) is 9.36 Å². The first-order chi connectivity index (χ1) is 14.9. The molecule has 3 aromatic rings. The maximum Gasteiger partial charge on any atom is 0.343 e. The van der Waals surface area contributed by atoms with E-state index < -0.39 is 17.4 Å². The van der Waals surface area contributed by atoms with E-state index in [0.717, 1.165) is 0 Å². The van der Waals surface area contributed by atoms with Crippen LogP contribution in [-0.4, -0.2) is 42.1 Å². The molecular weight excluding hydrogens is 402 g/mol. The highest BCUT2D eigenvalue weighted by atomic mass is 16.6. The van der Waals surface area contributed by atoms with E-state index in [9.17, 15) is 14.4 Å². The van der Waals surface area contributed by atoms with Crippen molar-refractivity contribution in [2.24, 2.45) is 7.05 Å². The average molecular weight is 425 g/mol. The number of carbonyl (C=O) groups excluding carboxylic acids is 2. The van der Waals surface area contributed by atoms with Crippen LogP contribution < -0.4 is 20.3 Å². The molecule has 2 aromatic carbocycles. The van der Waals surface area contributed by atoms with E-state index in [2.05, 4.69) is 10.1 Å². The van der Waals surface area contributed by atoms with Gasteiger partial charge < -0.3 is 19.5 Å². The van der Waals surface area contributed by atoms with E-state index in [1.807, 2.05) is 18.2 Å². The van der Waals surface area contributed by atoms with Crippen LogP contribution in [0.25, 0.3) is 5.69 Å². The van der Waals surface area contributed by atoms with E-state index in [0.29, 0.717) is 28.6 Å². The lowest BCUT2D eigenvalue weighted by Crippen LogP contribution is -2.25. The quantitative estimate of drug-likeness (QED) is 0.583. The molecule has 0 bridgehead atoms. The summed E-state index contributed by atoms with van der Waals surface area (Å²) in [6.07, 6.45) is 0. The van der Waals surface area contributed by atoms with Crippen molar-refractivity contribution in [3.63, 3.8) is 0 Å². The first kappa shape index (κ1) is 21.7. The molecule has 0 fully saturated rings. The summed E-state index contributed by atoms with van der Waals surface area (Å²) in [6.45, 7) is 1.42. The molecule has 9 heteroatoms. The minimum absolute atomic E-state index is 0.00860. The Morgan fingerprint density at radius 1 is 1.06 bits per heavy atom. The number of amides is 1. The van der Waals surface area contributed by atoms with Crippen LogP contribution >= 0.6 is 0 Å². The lowest BCUT2D eigenvalue weighted by molar-refractivity contribution is -0.142. The highest BCUT2D eigenvalue weighted by molar-refractivity contribution is 6.05. The first-order valence-corrected chi connectivity index (χ1v) is 9.40. The van der Waals surface area contributed by atoms with Gasteiger partial charge in [0, 0.05) is 13.1 Å². The number of rotatable bonds is 7. The fraction of sp³-hybridized carbons (Fsp3) is 0.227. The van der Waals surface area contributed by atoms with Crippen molar-refractivity contribution in [1.29, 1.82) is 0 Å². The van der Waals surface area contributed by atoms with E-state index in [1.165, 1.54) is 25.0 Å². The van der Waals surface area contributed by atoms with Gasteiger partial charge in [0.1, 0.15) is 17.1 Å². The van der Waals surface area contributed by atoms with Crippen molar-refractivity contribution in [2.75, 3.05) is 26.1 Å². The molecule has 1 amide bonds. The molecular formula is C22H23N3O6. The average Bonchev–Trinajstić information content (AvgIpc) is 3.00. The molecule has 1 aromatic heterocycles. The lowest BCUT2D eigenvalue weighted by Gasteiger charge is -2.12. The van der Waals surface area contributed by atoms with Gasteiger partial charge in [0.2, 0.25) is 0 Å². The Bertz CT molecular complexity index is 1160. The molecule has 1 heterocycles. The number of hydrogen-bond acceptors (Lipinski definition) is 6. The number of nitrogens with zero attached hydrogens (tertiary/aromatic N) is 2. The summed E-state index contributed by atoms with van der Waals surface area (Å²) in [6, 6.07) is 13.7. The molecule has 0 aliphatic carbocycles. The van der Waals surface area contributed by atoms with Crippen LogP contribution in [0, 0.1) is 6.92 Å². The summed E-state index contributed by atoms with van der Waals surface area (Å²) < 4.78 is 18.3. The number of para-hydroxylation sites is 1. The fourth-order valence-electron chi connectivity index (χ4n) is 3.09. The summed E-state index contributed by atoms with van der Waals surface area (Å²) in [7, 11) is 4.42. The normalized spacial score (nSPS) is 10.5. The van der Waals surface area contributed by atoms with Crippen molar-refractivity contribution in [3.8, 4) is 17.2 Å². The van der Waals surface area contributed by atoms with Crippen LogP contribution in [0.15, 0.2) is 53.3 Å². The molecule has 0 radical (unpaired) electrons. The van der Waals surface area contributed by atoms with E-state index >= 15 is 0 Å². The van der Waals surface area contributed by atoms with Crippen LogP contribution in [-0.2, 0) is 16.6 Å². The Labute approximate surface area is 178 Å². The summed E-state index contributed by atoms with van der Waals surface area (Å²) in [4.78, 5) is 37.4. The molecule has 0 unspecified atom stereocenters. The minimum Gasteiger partial charge on any atom is -0.495 e. The zero-order chi connectivity index (χ0) is 22.5. The number of methoxy groups -OCH3 is 2. The molecule has 0 saturated carbocycles. The van der Waals surface area contributed by atoms with Gasteiger partial charge >= 0.3 is 5.97 Å². The Morgan fingerprint density at radius 3 is 2.42 bits per heavy atom. The van der Waals surface area contributed by atoms with Gasteiger partial charge in [-0.1, -0.05) is 18.2 Å². The van der Waals surface area contributed by atoms with Gasteiger partial charge in [-0.05, 0) is 31.2 Å². The molecule has 1 N–H and O–H groups in total. The van der Waals surface area contributed by atoms with E-state index in [-0.39, 0.29) is 12.2 Å². The van der Waals surface area contributed by atoms with Crippen LogP contribution in [0.1, 0.15) is 16.1 Å². The van der Waals surface area contributed by atoms with Crippen LogP contribution in [0.3, 0.4) is 0 Å².